The van der Waals surface area contributed by atoms with Gasteiger partial charge in [0, 0.05) is 30.8 Å². The molecule has 1 aliphatic rings. The van der Waals surface area contributed by atoms with Crippen molar-refractivity contribution in [2.45, 2.75) is 44.4 Å². The van der Waals surface area contributed by atoms with Gasteiger partial charge in [-0.2, -0.15) is 0 Å². The molecule has 1 aliphatic heterocycles. The van der Waals surface area contributed by atoms with Crippen LogP contribution in [0.25, 0.3) is 0 Å². The number of amides is 2. The fraction of sp³-hybridized carbons (Fsp3) is 0.588. The third-order valence-corrected chi connectivity index (χ3v) is 5.01. The molecule has 0 aliphatic carbocycles. The van der Waals surface area contributed by atoms with E-state index >= 15 is 0 Å². The summed E-state index contributed by atoms with van der Waals surface area (Å²) in [4.78, 5) is 14.0. The summed E-state index contributed by atoms with van der Waals surface area (Å²) in [6.45, 7) is 4.80. The van der Waals surface area contributed by atoms with Crippen LogP contribution in [-0.4, -0.2) is 48.4 Å². The molecule has 23 heavy (non-hydrogen) atoms. The Kier molecular flexibility index (Phi) is 5.89. The Hall–Kier alpha value is -1.30. The molecular weight excluding hydrogens is 316 g/mol. The van der Waals surface area contributed by atoms with Crippen LogP contribution in [0.1, 0.15) is 32.3 Å². The van der Waals surface area contributed by atoms with Crippen LogP contribution in [0.2, 0.25) is 5.02 Å². The lowest BCUT2D eigenvalue weighted by Crippen LogP contribution is -2.52. The van der Waals surface area contributed by atoms with Crippen LogP contribution < -0.4 is 5.32 Å². The number of hydrogen-bond donors (Lipinski definition) is 2. The van der Waals surface area contributed by atoms with Crippen molar-refractivity contribution in [2.75, 3.05) is 20.2 Å². The standard InChI is InChI=1S/C17H25ClN2O3/c1-12(13(2)23-3)19-16(21)20-10-8-17(22,9-11-20)14-6-4-5-7-15(14)18/h4-7,12-13,22H,8-11H2,1-3H3,(H,19,21)/t12-,13?/m0/s1. The van der Waals surface area contributed by atoms with E-state index < -0.39 is 5.60 Å². The number of aliphatic hydroxyl groups is 1. The van der Waals surface area contributed by atoms with E-state index in [1.165, 1.54) is 0 Å². The topological polar surface area (TPSA) is 61.8 Å². The maximum Gasteiger partial charge on any atom is 0.317 e. The first-order valence-electron chi connectivity index (χ1n) is 7.93. The highest BCUT2D eigenvalue weighted by atomic mass is 35.5. The molecule has 1 saturated heterocycles. The second kappa shape index (κ2) is 7.51. The van der Waals surface area contributed by atoms with Gasteiger partial charge in [0.15, 0.2) is 0 Å². The quantitative estimate of drug-likeness (QED) is 0.886. The van der Waals surface area contributed by atoms with Crippen molar-refractivity contribution in [1.82, 2.24) is 10.2 Å². The Morgan fingerprint density at radius 1 is 1.35 bits per heavy atom. The normalized spacial score (nSPS) is 20.0. The zero-order chi connectivity index (χ0) is 17.0. The number of halogens is 1. The van der Waals surface area contributed by atoms with Crippen LogP contribution in [0.3, 0.4) is 0 Å². The van der Waals surface area contributed by atoms with Gasteiger partial charge in [0.2, 0.25) is 0 Å². The minimum atomic E-state index is -0.972. The molecule has 2 amide bonds. The predicted octanol–water partition coefficient (Wildman–Crippen LogP) is 2.76. The smallest absolute Gasteiger partial charge is 0.317 e. The highest BCUT2D eigenvalue weighted by Gasteiger charge is 2.37. The molecule has 1 heterocycles. The maximum atomic E-state index is 12.3. The third-order valence-electron chi connectivity index (χ3n) is 4.68. The minimum Gasteiger partial charge on any atom is -0.385 e. The lowest BCUT2D eigenvalue weighted by atomic mass is 9.84. The minimum absolute atomic E-state index is 0.0520. The average Bonchev–Trinajstić information content (AvgIpc) is 2.54. The van der Waals surface area contributed by atoms with Crippen LogP contribution in [-0.2, 0) is 10.3 Å². The summed E-state index contributed by atoms with van der Waals surface area (Å²) in [5, 5.41) is 14.4. The Bertz CT molecular complexity index is 544. The average molecular weight is 341 g/mol. The van der Waals surface area contributed by atoms with Crippen molar-refractivity contribution in [3.8, 4) is 0 Å². The molecule has 2 atom stereocenters. The molecule has 1 fully saturated rings. The molecule has 1 aromatic carbocycles. The van der Waals surface area contributed by atoms with Gasteiger partial charge < -0.3 is 20.1 Å². The number of nitrogens with one attached hydrogen (secondary N) is 1. The Balaban J connectivity index is 1.96. The molecular formula is C17H25ClN2O3. The molecule has 5 nitrogen and oxygen atoms in total. The van der Waals surface area contributed by atoms with E-state index in [9.17, 15) is 9.90 Å². The molecule has 1 unspecified atom stereocenters. The number of nitrogens with zero attached hydrogens (tertiary/aromatic N) is 1. The first-order chi connectivity index (χ1) is 10.9. The van der Waals surface area contributed by atoms with Crippen LogP contribution >= 0.6 is 11.6 Å². The van der Waals surface area contributed by atoms with Crippen molar-refractivity contribution in [3.63, 3.8) is 0 Å². The molecule has 6 heteroatoms. The van der Waals surface area contributed by atoms with Gasteiger partial charge in [0.1, 0.15) is 0 Å². The summed E-state index contributed by atoms with van der Waals surface area (Å²) < 4.78 is 5.22. The molecule has 2 rings (SSSR count). The maximum absolute atomic E-state index is 12.3. The number of carbonyl (C=O) groups is 1. The third kappa shape index (κ3) is 4.16. The predicted molar refractivity (Wildman–Crippen MR) is 90.6 cm³/mol. The molecule has 0 bridgehead atoms. The molecule has 2 N–H and O–H groups in total. The zero-order valence-electron chi connectivity index (χ0n) is 13.9. The summed E-state index contributed by atoms with van der Waals surface area (Å²) >= 11 is 6.20. The van der Waals surface area contributed by atoms with E-state index in [2.05, 4.69) is 5.32 Å². The number of hydrogen-bond acceptors (Lipinski definition) is 3. The van der Waals surface area contributed by atoms with E-state index in [0.717, 1.165) is 5.56 Å². The fourth-order valence-corrected chi connectivity index (χ4v) is 3.11. The summed E-state index contributed by atoms with van der Waals surface area (Å²) in [5.74, 6) is 0. The number of benzene rings is 1. The highest BCUT2D eigenvalue weighted by Crippen LogP contribution is 2.36. The van der Waals surface area contributed by atoms with Gasteiger partial charge in [-0.3, -0.25) is 0 Å². The van der Waals surface area contributed by atoms with Crippen molar-refractivity contribution in [1.29, 1.82) is 0 Å². The van der Waals surface area contributed by atoms with Crippen molar-refractivity contribution in [3.05, 3.63) is 34.9 Å². The largest absolute Gasteiger partial charge is 0.385 e. The Morgan fingerprint density at radius 2 is 1.96 bits per heavy atom. The molecule has 0 radical (unpaired) electrons. The highest BCUT2D eigenvalue weighted by molar-refractivity contribution is 6.31. The molecule has 0 aromatic heterocycles. The van der Waals surface area contributed by atoms with Gasteiger partial charge in [0.05, 0.1) is 17.7 Å². The van der Waals surface area contributed by atoms with Gasteiger partial charge in [0.25, 0.3) is 0 Å². The second-order valence-electron chi connectivity index (χ2n) is 6.18. The molecule has 0 saturated carbocycles. The van der Waals surface area contributed by atoms with Gasteiger partial charge in [-0.15, -0.1) is 0 Å². The lowest BCUT2D eigenvalue weighted by molar-refractivity contribution is -0.0174. The SMILES string of the molecule is COC(C)[C@H](C)NC(=O)N1CCC(O)(c2ccccc2Cl)CC1. The number of carbonyl (C=O) groups excluding carboxylic acids is 1. The van der Waals surface area contributed by atoms with E-state index in [0.29, 0.717) is 31.0 Å². The number of ether oxygens (including phenoxy) is 1. The zero-order valence-corrected chi connectivity index (χ0v) is 14.6. The van der Waals surface area contributed by atoms with Crippen molar-refractivity contribution in [2.24, 2.45) is 0 Å². The van der Waals surface area contributed by atoms with Gasteiger partial charge >= 0.3 is 6.03 Å². The first kappa shape index (κ1) is 18.0. The van der Waals surface area contributed by atoms with E-state index in [4.69, 9.17) is 16.3 Å². The summed E-state index contributed by atoms with van der Waals surface area (Å²) in [6, 6.07) is 7.14. The number of piperidine rings is 1. The fourth-order valence-electron chi connectivity index (χ4n) is 2.80. The molecule has 0 spiro atoms. The second-order valence-corrected chi connectivity index (χ2v) is 6.58. The summed E-state index contributed by atoms with van der Waals surface area (Å²) in [5.41, 5.74) is -0.233. The van der Waals surface area contributed by atoms with Gasteiger partial charge in [-0.05, 0) is 32.8 Å². The summed E-state index contributed by atoms with van der Waals surface area (Å²) in [7, 11) is 1.62. The number of likely N-dealkylation sites (tertiary alicyclic amines) is 1. The number of urea groups is 1. The van der Waals surface area contributed by atoms with Gasteiger partial charge in [-0.1, -0.05) is 29.8 Å². The van der Waals surface area contributed by atoms with E-state index in [-0.39, 0.29) is 18.2 Å². The number of rotatable bonds is 4. The van der Waals surface area contributed by atoms with Crippen LogP contribution in [0.5, 0.6) is 0 Å². The molecule has 128 valence electrons. The van der Waals surface area contributed by atoms with E-state index in [1.54, 1.807) is 18.1 Å². The lowest BCUT2D eigenvalue weighted by Gasteiger charge is -2.39. The van der Waals surface area contributed by atoms with Gasteiger partial charge in [-0.25, -0.2) is 4.79 Å². The first-order valence-corrected chi connectivity index (χ1v) is 8.31. The van der Waals surface area contributed by atoms with Crippen LogP contribution in [0.15, 0.2) is 24.3 Å². The number of methoxy groups -OCH3 is 1. The molecule has 1 aromatic rings. The van der Waals surface area contributed by atoms with Crippen LogP contribution in [0.4, 0.5) is 4.79 Å². The summed E-state index contributed by atoms with van der Waals surface area (Å²) in [6.07, 6.45) is 0.889. The Labute approximate surface area is 142 Å². The van der Waals surface area contributed by atoms with Crippen molar-refractivity contribution >= 4 is 17.6 Å². The van der Waals surface area contributed by atoms with Crippen LogP contribution in [0, 0.1) is 0 Å². The monoisotopic (exact) mass is 340 g/mol. The Morgan fingerprint density at radius 3 is 2.52 bits per heavy atom. The van der Waals surface area contributed by atoms with E-state index in [1.807, 2.05) is 32.0 Å². The van der Waals surface area contributed by atoms with Crippen molar-refractivity contribution < 1.29 is 14.6 Å².